The Labute approximate surface area is 169 Å². The lowest BCUT2D eigenvalue weighted by Crippen LogP contribution is -3.12. The summed E-state index contributed by atoms with van der Waals surface area (Å²) >= 11 is 0. The molecule has 0 aromatic heterocycles. The number of benzene rings is 2. The maximum Gasteiger partial charge on any atom is 0.220 e. The van der Waals surface area contributed by atoms with Crippen molar-refractivity contribution in [2.75, 3.05) is 32.1 Å². The number of hydrogen-bond acceptors (Lipinski definition) is 2. The number of anilines is 1. The predicted octanol–water partition coefficient (Wildman–Crippen LogP) is 2.60. The third-order valence-electron chi connectivity index (χ3n) is 5.65. The lowest BCUT2D eigenvalue weighted by molar-refractivity contribution is -0.945. The average Bonchev–Trinajstić information content (AvgIpc) is 2.68. The highest BCUT2D eigenvalue weighted by molar-refractivity contribution is 5.76. The van der Waals surface area contributed by atoms with Crippen molar-refractivity contribution in [3.05, 3.63) is 65.2 Å². The first kappa shape index (κ1) is 20.4. The second-order valence-electron chi connectivity index (χ2n) is 8.54. The minimum atomic E-state index is 0.154. The highest BCUT2D eigenvalue weighted by atomic mass is 16.1. The third-order valence-corrected chi connectivity index (χ3v) is 5.65. The van der Waals surface area contributed by atoms with Crippen LogP contribution in [0.2, 0.25) is 0 Å². The molecule has 0 aliphatic carbocycles. The Hall–Kier alpha value is -2.33. The molecule has 3 rings (SSSR count). The van der Waals surface area contributed by atoms with Crippen LogP contribution in [0.4, 0.5) is 5.69 Å². The summed E-state index contributed by atoms with van der Waals surface area (Å²) < 4.78 is 0. The van der Waals surface area contributed by atoms with Crippen LogP contribution in [-0.2, 0) is 17.8 Å². The van der Waals surface area contributed by atoms with Crippen LogP contribution < -0.4 is 15.1 Å². The number of amides is 1. The predicted molar refractivity (Wildman–Crippen MR) is 116 cm³/mol. The van der Waals surface area contributed by atoms with Gasteiger partial charge in [0.2, 0.25) is 5.91 Å². The van der Waals surface area contributed by atoms with Crippen molar-refractivity contribution >= 4 is 11.6 Å². The fourth-order valence-electron chi connectivity index (χ4n) is 4.06. The van der Waals surface area contributed by atoms with Gasteiger partial charge in [0.15, 0.2) is 0 Å². The number of hydrogen-bond donors (Lipinski definition) is 2. The van der Waals surface area contributed by atoms with Gasteiger partial charge in [0.25, 0.3) is 0 Å². The molecule has 28 heavy (non-hydrogen) atoms. The van der Waals surface area contributed by atoms with Crippen LogP contribution in [0.15, 0.2) is 48.5 Å². The molecule has 0 saturated heterocycles. The lowest BCUT2D eigenvalue weighted by Gasteiger charge is -2.33. The zero-order valence-electron chi connectivity index (χ0n) is 17.7. The third kappa shape index (κ3) is 5.14. The van der Waals surface area contributed by atoms with Gasteiger partial charge in [-0.15, -0.1) is 0 Å². The van der Waals surface area contributed by atoms with E-state index in [1.807, 2.05) is 0 Å². The topological polar surface area (TPSA) is 36.8 Å². The second kappa shape index (κ2) is 9.24. The van der Waals surface area contributed by atoms with Gasteiger partial charge >= 0.3 is 0 Å². The van der Waals surface area contributed by atoms with Crippen molar-refractivity contribution in [3.63, 3.8) is 0 Å². The Morgan fingerprint density at radius 3 is 2.39 bits per heavy atom. The van der Waals surface area contributed by atoms with Crippen LogP contribution in [0, 0.1) is 5.92 Å². The molecule has 2 atom stereocenters. The quantitative estimate of drug-likeness (QED) is 0.775. The fraction of sp³-hybridized carbons (Fsp3) is 0.458. The molecule has 2 aromatic carbocycles. The van der Waals surface area contributed by atoms with Crippen molar-refractivity contribution in [2.45, 2.75) is 39.3 Å². The molecule has 150 valence electrons. The largest absolute Gasteiger partial charge is 0.378 e. The number of carbonyl (C=O) groups excluding carboxylic acids is 1. The smallest absolute Gasteiger partial charge is 0.220 e. The molecule has 1 unspecified atom stereocenters. The summed E-state index contributed by atoms with van der Waals surface area (Å²) in [6, 6.07) is 17.8. The molecule has 0 spiro atoms. The molecule has 2 N–H and O–H groups in total. The van der Waals surface area contributed by atoms with Gasteiger partial charge in [-0.1, -0.05) is 50.2 Å². The molecule has 1 heterocycles. The molecular weight excluding hydrogens is 346 g/mol. The Morgan fingerprint density at radius 2 is 1.75 bits per heavy atom. The van der Waals surface area contributed by atoms with E-state index >= 15 is 0 Å². The van der Waals surface area contributed by atoms with Gasteiger partial charge in [-0.2, -0.15) is 0 Å². The number of nitrogens with one attached hydrogen (secondary N) is 2. The molecule has 4 heteroatoms. The molecule has 0 bridgehead atoms. The van der Waals surface area contributed by atoms with Crippen LogP contribution in [0.25, 0.3) is 0 Å². The summed E-state index contributed by atoms with van der Waals surface area (Å²) in [4.78, 5) is 15.9. The molecular formula is C24H34N3O+. The molecule has 1 amide bonds. The monoisotopic (exact) mass is 380 g/mol. The summed E-state index contributed by atoms with van der Waals surface area (Å²) in [5.74, 6) is 0.536. The maximum absolute atomic E-state index is 12.3. The van der Waals surface area contributed by atoms with Crippen LogP contribution in [0.3, 0.4) is 0 Å². The number of nitrogens with zero attached hydrogens (tertiary/aromatic N) is 1. The van der Waals surface area contributed by atoms with Gasteiger partial charge in [0.05, 0.1) is 13.1 Å². The summed E-state index contributed by atoms with van der Waals surface area (Å²) in [7, 11) is 4.12. The molecule has 0 saturated carbocycles. The number of fused-ring (bicyclic) bond motifs is 1. The Balaban J connectivity index is 1.79. The molecule has 1 aliphatic rings. The van der Waals surface area contributed by atoms with Crippen LogP contribution in [0.1, 0.15) is 43.0 Å². The zero-order chi connectivity index (χ0) is 20.1. The van der Waals surface area contributed by atoms with E-state index in [-0.39, 0.29) is 11.9 Å². The minimum Gasteiger partial charge on any atom is -0.378 e. The van der Waals surface area contributed by atoms with Gasteiger partial charge in [-0.25, -0.2) is 0 Å². The summed E-state index contributed by atoms with van der Waals surface area (Å²) in [5, 5.41) is 3.20. The van der Waals surface area contributed by atoms with E-state index in [1.54, 1.807) is 0 Å². The SMILES string of the molecule is CC(C)CC(=O)NC[C@@H](c1ccc(N(C)C)cc1)[NH+]1CCc2ccccc2C1. The molecule has 2 aromatic rings. The zero-order valence-corrected chi connectivity index (χ0v) is 17.7. The number of rotatable bonds is 7. The lowest BCUT2D eigenvalue weighted by atomic mass is 9.96. The highest BCUT2D eigenvalue weighted by Gasteiger charge is 2.28. The number of carbonyl (C=O) groups is 1. The summed E-state index contributed by atoms with van der Waals surface area (Å²) in [6.07, 6.45) is 1.68. The first-order chi connectivity index (χ1) is 13.4. The minimum absolute atomic E-state index is 0.154. The maximum atomic E-state index is 12.3. The Bertz CT molecular complexity index is 783. The second-order valence-corrected chi connectivity index (χ2v) is 8.54. The molecule has 0 radical (unpaired) electrons. The Kier molecular flexibility index (Phi) is 6.74. The van der Waals surface area contributed by atoms with E-state index in [9.17, 15) is 4.79 Å². The van der Waals surface area contributed by atoms with Gasteiger partial charge < -0.3 is 15.1 Å². The van der Waals surface area contributed by atoms with Crippen molar-refractivity contribution in [1.82, 2.24) is 5.32 Å². The molecule has 1 aliphatic heterocycles. The van der Waals surface area contributed by atoms with Crippen molar-refractivity contribution in [1.29, 1.82) is 0 Å². The van der Waals surface area contributed by atoms with Crippen molar-refractivity contribution in [3.8, 4) is 0 Å². The van der Waals surface area contributed by atoms with E-state index < -0.39 is 0 Å². The highest BCUT2D eigenvalue weighted by Crippen LogP contribution is 2.18. The van der Waals surface area contributed by atoms with Gasteiger partial charge in [0, 0.05) is 43.8 Å². The van der Waals surface area contributed by atoms with E-state index in [2.05, 4.69) is 86.7 Å². The van der Waals surface area contributed by atoms with Crippen molar-refractivity contribution in [2.24, 2.45) is 5.92 Å². The first-order valence-electron chi connectivity index (χ1n) is 10.4. The molecule has 4 nitrogen and oxygen atoms in total. The Morgan fingerprint density at radius 1 is 1.07 bits per heavy atom. The summed E-state index contributed by atoms with van der Waals surface area (Å²) in [6.45, 7) is 6.96. The van der Waals surface area contributed by atoms with Crippen molar-refractivity contribution < 1.29 is 9.69 Å². The average molecular weight is 381 g/mol. The number of quaternary nitrogens is 1. The fourth-order valence-corrected chi connectivity index (χ4v) is 4.06. The van der Waals surface area contributed by atoms with Crippen LogP contribution >= 0.6 is 0 Å². The van der Waals surface area contributed by atoms with E-state index in [4.69, 9.17) is 0 Å². The van der Waals surface area contributed by atoms with E-state index in [1.165, 1.54) is 27.3 Å². The van der Waals surface area contributed by atoms with Gasteiger partial charge in [-0.3, -0.25) is 4.79 Å². The van der Waals surface area contributed by atoms with E-state index in [0.717, 1.165) is 19.5 Å². The first-order valence-corrected chi connectivity index (χ1v) is 10.4. The van der Waals surface area contributed by atoms with E-state index in [0.29, 0.717) is 18.9 Å². The standard InChI is InChI=1S/C24H33N3O/c1-18(2)15-24(28)25-16-23(20-9-11-22(12-10-20)26(3)4)27-14-13-19-7-5-6-8-21(19)17-27/h5-12,18,23H,13-17H2,1-4H3,(H,25,28)/p+1/t23-/m0/s1. The summed E-state index contributed by atoms with van der Waals surface area (Å²) in [5.41, 5.74) is 5.40. The van der Waals surface area contributed by atoms with Crippen LogP contribution in [0.5, 0.6) is 0 Å². The van der Waals surface area contributed by atoms with Gasteiger partial charge in [-0.05, 0) is 23.6 Å². The van der Waals surface area contributed by atoms with Crippen LogP contribution in [-0.4, -0.2) is 33.1 Å². The molecule has 0 fully saturated rings. The van der Waals surface area contributed by atoms with Gasteiger partial charge in [0.1, 0.15) is 12.6 Å². The normalized spacial score (nSPS) is 17.1.